The highest BCUT2D eigenvalue weighted by Crippen LogP contribution is 2.31. The summed E-state index contributed by atoms with van der Waals surface area (Å²) in [5.74, 6) is -1.00. The first-order valence-electron chi connectivity index (χ1n) is 9.66. The number of nitrogens with zero attached hydrogens (tertiary/aromatic N) is 2. The molecule has 0 radical (unpaired) electrons. The highest BCUT2D eigenvalue weighted by atomic mass is 16.4. The Morgan fingerprint density at radius 2 is 1.86 bits per heavy atom. The van der Waals surface area contributed by atoms with E-state index in [2.05, 4.69) is 5.32 Å². The topological polar surface area (TPSA) is 90.0 Å². The van der Waals surface area contributed by atoms with Gasteiger partial charge in [-0.25, -0.2) is 4.79 Å². The third-order valence-electron chi connectivity index (χ3n) is 5.77. The second kappa shape index (κ2) is 7.24. The molecule has 1 saturated heterocycles. The lowest BCUT2D eigenvalue weighted by Crippen LogP contribution is -2.37. The van der Waals surface area contributed by atoms with Crippen molar-refractivity contribution in [3.05, 3.63) is 59.7 Å². The van der Waals surface area contributed by atoms with Crippen molar-refractivity contribution in [1.82, 2.24) is 4.90 Å². The third kappa shape index (κ3) is 3.55. The molecule has 3 amide bonds. The van der Waals surface area contributed by atoms with Crippen molar-refractivity contribution in [3.8, 4) is 0 Å². The molecular weight excluding hydrogens is 370 g/mol. The van der Waals surface area contributed by atoms with Crippen LogP contribution in [0, 0.1) is 5.41 Å². The second-order valence-corrected chi connectivity index (χ2v) is 7.88. The van der Waals surface area contributed by atoms with Crippen molar-refractivity contribution < 1.29 is 19.5 Å². The Bertz CT molecular complexity index is 990. The third-order valence-corrected chi connectivity index (χ3v) is 5.77. The average molecular weight is 393 g/mol. The molecule has 2 heterocycles. The fourth-order valence-corrected chi connectivity index (χ4v) is 3.95. The number of carbonyl (C=O) groups is 3. The van der Waals surface area contributed by atoms with E-state index in [4.69, 9.17) is 0 Å². The average Bonchev–Trinajstić information content (AvgIpc) is 3.32. The van der Waals surface area contributed by atoms with E-state index in [-0.39, 0.29) is 18.5 Å². The van der Waals surface area contributed by atoms with Crippen molar-refractivity contribution >= 4 is 29.3 Å². The molecule has 1 atom stereocenters. The zero-order valence-corrected chi connectivity index (χ0v) is 16.2. The summed E-state index contributed by atoms with van der Waals surface area (Å²) in [7, 11) is 0. The fourth-order valence-electron chi connectivity index (χ4n) is 3.95. The number of anilines is 2. The van der Waals surface area contributed by atoms with E-state index in [0.29, 0.717) is 30.8 Å². The Morgan fingerprint density at radius 1 is 1.07 bits per heavy atom. The molecule has 0 aromatic heterocycles. The molecule has 2 aliphatic rings. The van der Waals surface area contributed by atoms with Gasteiger partial charge >= 0.3 is 12.0 Å². The summed E-state index contributed by atoms with van der Waals surface area (Å²) in [4.78, 5) is 40.2. The van der Waals surface area contributed by atoms with E-state index < -0.39 is 11.4 Å². The van der Waals surface area contributed by atoms with Gasteiger partial charge < -0.3 is 20.2 Å². The minimum absolute atomic E-state index is 0.106. The highest BCUT2D eigenvalue weighted by Gasteiger charge is 2.42. The Balaban J connectivity index is 1.46. The van der Waals surface area contributed by atoms with Crippen LogP contribution >= 0.6 is 0 Å². The van der Waals surface area contributed by atoms with Gasteiger partial charge in [-0.15, -0.1) is 0 Å². The van der Waals surface area contributed by atoms with Gasteiger partial charge in [-0.05, 0) is 49.6 Å². The summed E-state index contributed by atoms with van der Waals surface area (Å²) in [6, 6.07) is 14.3. The van der Waals surface area contributed by atoms with Crippen molar-refractivity contribution in [1.29, 1.82) is 0 Å². The van der Waals surface area contributed by atoms with Crippen molar-refractivity contribution in [2.45, 2.75) is 19.8 Å². The summed E-state index contributed by atoms with van der Waals surface area (Å²) in [6.45, 7) is 2.83. The fraction of sp³-hybridized carbons (Fsp3) is 0.318. The lowest BCUT2D eigenvalue weighted by Gasteiger charge is -2.21. The summed E-state index contributed by atoms with van der Waals surface area (Å²) in [5.41, 5.74) is 2.17. The van der Waals surface area contributed by atoms with Gasteiger partial charge in [0, 0.05) is 36.6 Å². The van der Waals surface area contributed by atoms with Crippen LogP contribution in [0.3, 0.4) is 0 Å². The molecule has 0 saturated carbocycles. The molecule has 0 aliphatic carbocycles. The van der Waals surface area contributed by atoms with Crippen LogP contribution in [0.1, 0.15) is 29.3 Å². The molecule has 2 aromatic carbocycles. The summed E-state index contributed by atoms with van der Waals surface area (Å²) in [6.07, 6.45) is 1.25. The van der Waals surface area contributed by atoms with Crippen molar-refractivity contribution in [2.24, 2.45) is 5.41 Å². The van der Waals surface area contributed by atoms with E-state index in [1.54, 1.807) is 36.1 Å². The monoisotopic (exact) mass is 393 g/mol. The number of nitrogens with one attached hydrogen (secondary N) is 1. The highest BCUT2D eigenvalue weighted by molar-refractivity contribution is 6.08. The standard InChI is InChI=1S/C22H23N3O4/c1-22(20(27)28)10-12-24(14-22)21(29)23-17-7-4-6-16(13-17)19(26)25-11-9-15-5-2-3-8-18(15)25/h2-8,13H,9-12,14H2,1H3,(H,23,29)(H,27,28). The SMILES string of the molecule is CC1(C(=O)O)CCN(C(=O)Nc2cccc(C(=O)N3CCc4ccccc43)c2)C1. The Morgan fingerprint density at radius 3 is 2.62 bits per heavy atom. The van der Waals surface area contributed by atoms with E-state index in [1.807, 2.05) is 24.3 Å². The van der Waals surface area contributed by atoms with Crippen LogP contribution in [0.5, 0.6) is 0 Å². The first-order valence-corrected chi connectivity index (χ1v) is 9.66. The second-order valence-electron chi connectivity index (χ2n) is 7.88. The molecule has 2 aromatic rings. The molecule has 7 nitrogen and oxygen atoms in total. The van der Waals surface area contributed by atoms with Crippen LogP contribution in [0.15, 0.2) is 48.5 Å². The maximum absolute atomic E-state index is 13.0. The number of benzene rings is 2. The Hall–Kier alpha value is -3.35. The lowest BCUT2D eigenvalue weighted by atomic mass is 9.90. The smallest absolute Gasteiger partial charge is 0.321 e. The maximum atomic E-state index is 13.0. The number of hydrogen-bond acceptors (Lipinski definition) is 3. The zero-order valence-electron chi connectivity index (χ0n) is 16.2. The van der Waals surface area contributed by atoms with Gasteiger partial charge in [0.1, 0.15) is 0 Å². The van der Waals surface area contributed by atoms with Gasteiger partial charge in [-0.2, -0.15) is 0 Å². The quantitative estimate of drug-likeness (QED) is 0.838. The van der Waals surface area contributed by atoms with Crippen LogP contribution in [0.4, 0.5) is 16.2 Å². The van der Waals surface area contributed by atoms with Crippen LogP contribution in [0.25, 0.3) is 0 Å². The molecule has 1 fully saturated rings. The van der Waals surface area contributed by atoms with E-state index in [0.717, 1.165) is 17.7 Å². The number of fused-ring (bicyclic) bond motifs is 1. The van der Waals surface area contributed by atoms with Gasteiger partial charge in [0.05, 0.1) is 5.41 Å². The van der Waals surface area contributed by atoms with Crippen LogP contribution < -0.4 is 10.2 Å². The van der Waals surface area contributed by atoms with Crippen LogP contribution in [-0.2, 0) is 11.2 Å². The number of para-hydroxylation sites is 1. The number of carboxylic acid groups (broad SMARTS) is 1. The number of rotatable bonds is 3. The first-order chi connectivity index (χ1) is 13.9. The maximum Gasteiger partial charge on any atom is 0.321 e. The summed E-state index contributed by atoms with van der Waals surface area (Å²) < 4.78 is 0. The molecule has 1 unspecified atom stereocenters. The molecule has 0 spiro atoms. The first kappa shape index (κ1) is 19.0. The molecule has 7 heteroatoms. The number of aliphatic carboxylic acids is 1. The van der Waals surface area contributed by atoms with Gasteiger partial charge in [0.15, 0.2) is 0 Å². The number of urea groups is 1. The molecule has 2 N–H and O–H groups in total. The van der Waals surface area contributed by atoms with Gasteiger partial charge in [-0.1, -0.05) is 24.3 Å². The molecule has 0 bridgehead atoms. The number of likely N-dealkylation sites (tertiary alicyclic amines) is 1. The predicted molar refractivity (Wildman–Crippen MR) is 109 cm³/mol. The van der Waals surface area contributed by atoms with E-state index in [9.17, 15) is 19.5 Å². The van der Waals surface area contributed by atoms with Crippen LogP contribution in [0.2, 0.25) is 0 Å². The van der Waals surface area contributed by atoms with E-state index >= 15 is 0 Å². The molecule has 2 aliphatic heterocycles. The largest absolute Gasteiger partial charge is 0.481 e. The number of hydrogen-bond donors (Lipinski definition) is 2. The normalized spacial score (nSPS) is 20.4. The minimum atomic E-state index is -0.918. The Kier molecular flexibility index (Phi) is 4.74. The van der Waals surface area contributed by atoms with Crippen LogP contribution in [-0.4, -0.2) is 47.5 Å². The number of amides is 3. The molecule has 4 rings (SSSR count). The number of carboxylic acids is 1. The van der Waals surface area contributed by atoms with Gasteiger partial charge in [-0.3, -0.25) is 9.59 Å². The minimum Gasteiger partial charge on any atom is -0.481 e. The number of carbonyl (C=O) groups excluding carboxylic acids is 2. The van der Waals surface area contributed by atoms with Gasteiger partial charge in [0.25, 0.3) is 5.91 Å². The molecular formula is C22H23N3O4. The lowest BCUT2D eigenvalue weighted by molar-refractivity contribution is -0.146. The van der Waals surface area contributed by atoms with Gasteiger partial charge in [0.2, 0.25) is 0 Å². The Labute approximate surface area is 168 Å². The van der Waals surface area contributed by atoms with E-state index in [1.165, 1.54) is 4.90 Å². The molecule has 29 heavy (non-hydrogen) atoms. The molecule has 150 valence electrons. The van der Waals surface area contributed by atoms with Crippen molar-refractivity contribution in [2.75, 3.05) is 29.9 Å². The summed E-state index contributed by atoms with van der Waals surface area (Å²) in [5, 5.41) is 12.1. The van der Waals surface area contributed by atoms with Crippen molar-refractivity contribution in [3.63, 3.8) is 0 Å². The zero-order chi connectivity index (χ0) is 20.6. The predicted octanol–water partition coefficient (Wildman–Crippen LogP) is 3.22. The summed E-state index contributed by atoms with van der Waals surface area (Å²) >= 11 is 0.